The van der Waals surface area contributed by atoms with E-state index in [1.807, 2.05) is 0 Å². The summed E-state index contributed by atoms with van der Waals surface area (Å²) < 4.78 is 23.8. The van der Waals surface area contributed by atoms with Crippen LogP contribution < -0.4 is 5.32 Å². The van der Waals surface area contributed by atoms with Gasteiger partial charge in [0.25, 0.3) is 5.91 Å². The predicted octanol–water partition coefficient (Wildman–Crippen LogP) is 3.16. The zero-order valence-electron chi connectivity index (χ0n) is 33.4. The molecular weight excluding hydrogens is 762 g/mol. The molecule has 14 nitrogen and oxygen atoms in total. The van der Waals surface area contributed by atoms with Crippen molar-refractivity contribution in [2.45, 2.75) is 101 Å². The number of amides is 1. The highest BCUT2D eigenvalue weighted by Crippen LogP contribution is 2.63. The zero-order chi connectivity index (χ0) is 42.7. The summed E-state index contributed by atoms with van der Waals surface area (Å²) in [5, 5.41) is 52.2. The first-order chi connectivity index (χ1) is 27.9. The second-order valence-corrected chi connectivity index (χ2v) is 16.8. The number of rotatable bonds is 9. The number of ether oxygens (including phenoxy) is 4. The summed E-state index contributed by atoms with van der Waals surface area (Å²) in [4.78, 5) is 69.7. The first kappa shape index (κ1) is 41.9. The van der Waals surface area contributed by atoms with Crippen molar-refractivity contribution in [3.05, 3.63) is 119 Å². The van der Waals surface area contributed by atoms with Gasteiger partial charge in [-0.15, -0.1) is 0 Å². The molecule has 312 valence electrons. The molecule has 0 aromatic heterocycles. The van der Waals surface area contributed by atoms with Crippen LogP contribution in [0.2, 0.25) is 0 Å². The van der Waals surface area contributed by atoms with Gasteiger partial charge in [0.1, 0.15) is 23.4 Å². The second kappa shape index (κ2) is 15.4. The maximum Gasteiger partial charge on any atom is 0.338 e. The molecule has 4 aliphatic rings. The molecule has 2 unspecified atom stereocenters. The number of carbonyl (C=O) groups is 5. The minimum atomic E-state index is -2.35. The molecule has 2 bridgehead atoms. The summed E-state index contributed by atoms with van der Waals surface area (Å²) in [5.74, 6) is -5.98. The van der Waals surface area contributed by atoms with E-state index in [1.54, 1.807) is 92.7 Å². The molecule has 7 rings (SSSR count). The van der Waals surface area contributed by atoms with Crippen molar-refractivity contribution in [3.8, 4) is 0 Å². The van der Waals surface area contributed by atoms with Crippen LogP contribution in [0.1, 0.15) is 79.8 Å². The molecule has 1 aliphatic heterocycles. The Morgan fingerprint density at radius 2 is 1.42 bits per heavy atom. The van der Waals surface area contributed by atoms with Gasteiger partial charge in [-0.25, -0.2) is 9.59 Å². The second-order valence-electron chi connectivity index (χ2n) is 16.8. The van der Waals surface area contributed by atoms with Crippen LogP contribution in [-0.4, -0.2) is 104 Å². The maximum atomic E-state index is 15.2. The highest BCUT2D eigenvalue weighted by Gasteiger charge is 2.76. The third kappa shape index (κ3) is 6.86. The number of benzene rings is 3. The van der Waals surface area contributed by atoms with E-state index in [9.17, 15) is 39.6 Å². The van der Waals surface area contributed by atoms with Crippen LogP contribution in [0.3, 0.4) is 0 Å². The highest BCUT2D eigenvalue weighted by molar-refractivity contribution is 5.96. The average molecular weight is 812 g/mol. The summed E-state index contributed by atoms with van der Waals surface area (Å²) in [7, 11) is 0. The van der Waals surface area contributed by atoms with Crippen molar-refractivity contribution in [2.75, 3.05) is 6.61 Å². The van der Waals surface area contributed by atoms with Gasteiger partial charge >= 0.3 is 17.9 Å². The molecule has 1 amide bonds. The van der Waals surface area contributed by atoms with Crippen LogP contribution in [-0.2, 0) is 33.3 Å². The number of fused-ring (bicyclic) bond motifs is 5. The van der Waals surface area contributed by atoms with E-state index in [4.69, 9.17) is 18.9 Å². The minimum Gasteiger partial charge on any atom is -0.456 e. The number of aliphatic hydroxyl groups is 4. The van der Waals surface area contributed by atoms with Crippen LogP contribution in [0, 0.1) is 16.7 Å². The Morgan fingerprint density at radius 1 is 0.847 bits per heavy atom. The number of esters is 3. The van der Waals surface area contributed by atoms with E-state index in [1.165, 1.54) is 26.0 Å². The number of carbonyl (C=O) groups excluding carboxylic acids is 5. The van der Waals surface area contributed by atoms with Crippen LogP contribution in [0.5, 0.6) is 0 Å². The van der Waals surface area contributed by atoms with Crippen molar-refractivity contribution in [1.82, 2.24) is 5.32 Å². The van der Waals surface area contributed by atoms with Crippen molar-refractivity contribution < 1.29 is 63.3 Å². The number of hydrogen-bond acceptors (Lipinski definition) is 13. The van der Waals surface area contributed by atoms with Gasteiger partial charge in [-0.1, -0.05) is 80.6 Å². The Morgan fingerprint density at radius 3 is 1.98 bits per heavy atom. The maximum absolute atomic E-state index is 15.2. The molecule has 3 aliphatic carbocycles. The van der Waals surface area contributed by atoms with Gasteiger partial charge < -0.3 is 44.7 Å². The van der Waals surface area contributed by atoms with Crippen molar-refractivity contribution in [3.63, 3.8) is 0 Å². The van der Waals surface area contributed by atoms with Gasteiger partial charge in [0.15, 0.2) is 18.0 Å². The van der Waals surface area contributed by atoms with Gasteiger partial charge in [-0.2, -0.15) is 0 Å². The highest BCUT2D eigenvalue weighted by atomic mass is 16.6. The van der Waals surface area contributed by atoms with Crippen molar-refractivity contribution in [2.24, 2.45) is 16.7 Å². The largest absolute Gasteiger partial charge is 0.456 e. The molecule has 0 spiro atoms. The third-order valence-electron chi connectivity index (χ3n) is 13.2. The molecule has 14 heteroatoms. The van der Waals surface area contributed by atoms with E-state index in [0.717, 1.165) is 6.92 Å². The molecule has 1 heterocycles. The first-order valence-electron chi connectivity index (χ1n) is 19.6. The quantitative estimate of drug-likeness (QED) is 0.120. The third-order valence-corrected chi connectivity index (χ3v) is 13.2. The Labute approximate surface area is 341 Å². The van der Waals surface area contributed by atoms with E-state index in [2.05, 4.69) is 5.32 Å². The fourth-order valence-electron chi connectivity index (χ4n) is 9.78. The number of aliphatic hydroxyl groups excluding tert-OH is 2. The van der Waals surface area contributed by atoms with Gasteiger partial charge in [-0.05, 0) is 54.8 Å². The summed E-state index contributed by atoms with van der Waals surface area (Å²) in [5.41, 5.74) is -6.99. The Kier molecular flexibility index (Phi) is 10.9. The van der Waals surface area contributed by atoms with Gasteiger partial charge in [0.05, 0.1) is 35.8 Å². The van der Waals surface area contributed by atoms with Crippen LogP contribution >= 0.6 is 0 Å². The predicted molar refractivity (Wildman–Crippen MR) is 208 cm³/mol. The normalized spacial score (nSPS) is 33.0. The average Bonchev–Trinajstić information content (AvgIpc) is 3.21. The van der Waals surface area contributed by atoms with Gasteiger partial charge in [0.2, 0.25) is 0 Å². The lowest BCUT2D eigenvalue weighted by atomic mass is 9.44. The number of Topliss-reactive ketones (excluding diaryl/α,β-unsaturated/α-hetero) is 1. The van der Waals surface area contributed by atoms with E-state index < -0.39 is 107 Å². The lowest BCUT2D eigenvalue weighted by Crippen LogP contribution is -2.81. The van der Waals surface area contributed by atoms with E-state index in [0.29, 0.717) is 5.56 Å². The summed E-state index contributed by atoms with van der Waals surface area (Å²) in [6, 6.07) is 23.0. The lowest BCUT2D eigenvalue weighted by molar-refractivity contribution is -0.343. The van der Waals surface area contributed by atoms with Crippen LogP contribution in [0.4, 0.5) is 0 Å². The summed E-state index contributed by atoms with van der Waals surface area (Å²) in [6.45, 7) is 6.81. The molecule has 2 saturated carbocycles. The van der Waals surface area contributed by atoms with Crippen LogP contribution in [0.25, 0.3) is 0 Å². The smallest absolute Gasteiger partial charge is 0.338 e. The molecule has 1 saturated heterocycles. The van der Waals surface area contributed by atoms with Crippen molar-refractivity contribution in [1.29, 1.82) is 0 Å². The van der Waals surface area contributed by atoms with Crippen molar-refractivity contribution >= 4 is 29.6 Å². The molecule has 11 atom stereocenters. The molecular formula is C45H49NO13. The molecule has 59 heavy (non-hydrogen) atoms. The monoisotopic (exact) mass is 811 g/mol. The zero-order valence-corrected chi connectivity index (χ0v) is 33.4. The topological polar surface area (TPSA) is 215 Å². The summed E-state index contributed by atoms with van der Waals surface area (Å²) >= 11 is 0. The fraction of sp³-hybridized carbons (Fsp3) is 0.444. The standard InChI is InChI=1S/C45H49NO13/c1-24-29(58-41(53)34(49)33(26-15-9-6-10-16-26)46-39(51)27-17-11-7-12-18-27)22-45(55)38(59-40(52)28-19-13-8-14-20-28)36-43(5,30(48)21-31-44(36,54)23-56-31)37(50)35(57-25(2)47)32(24)42(45,3)4/h6-20,29-31,33-36,38,48-49,54-55H,21-23H2,1-5H3,(H,46,51)/t29-,30-,31?,33-,34+,35+,36-,38-,43?,44-,45+/m0/s1. The molecule has 3 aromatic rings. The van der Waals surface area contributed by atoms with Gasteiger partial charge in [0, 0.05) is 36.7 Å². The van der Waals surface area contributed by atoms with E-state index >= 15 is 4.79 Å². The van der Waals surface area contributed by atoms with Crippen LogP contribution in [0.15, 0.2) is 102 Å². The van der Waals surface area contributed by atoms with E-state index in [-0.39, 0.29) is 35.3 Å². The fourth-order valence-corrected chi connectivity index (χ4v) is 9.78. The number of hydrogen-bond donors (Lipinski definition) is 5. The Hall–Kier alpha value is -5.25. The summed E-state index contributed by atoms with van der Waals surface area (Å²) in [6.07, 6.45) is -10.3. The molecule has 0 radical (unpaired) electrons. The lowest BCUT2D eigenvalue weighted by Gasteiger charge is -2.66. The molecule has 3 fully saturated rings. The first-order valence-corrected chi connectivity index (χ1v) is 19.6. The molecule has 3 aromatic carbocycles. The number of ketones is 1. The van der Waals surface area contributed by atoms with Gasteiger partial charge in [-0.3, -0.25) is 14.4 Å². The minimum absolute atomic E-state index is 0.0161. The Bertz CT molecular complexity index is 2160. The Balaban J connectivity index is 1.36. The molecule has 5 N–H and O–H groups in total. The SMILES string of the molecule is CC(=O)O[C@H]1C(=O)C2(C)[C@@H](O)CC3OC[C@@]3(O)[C@H]2[C@H](OC(=O)c2ccccc2)[C@]2(O)C[C@H](OC(=O)[C@H](O)[C@@H](NC(=O)c3ccccc3)c3ccccc3)C(C)=C1C2(C)C. The number of nitrogens with one attached hydrogen (secondary N) is 1.